The molecule has 0 amide bonds. The van der Waals surface area contributed by atoms with Crippen molar-refractivity contribution in [1.82, 2.24) is 0 Å². The van der Waals surface area contributed by atoms with Crippen LogP contribution >= 0.6 is 0 Å². The first-order valence-electron chi connectivity index (χ1n) is 21.8. The van der Waals surface area contributed by atoms with Gasteiger partial charge in [0.15, 0.2) is 0 Å². The molecule has 0 aliphatic carbocycles. The number of aliphatic imine (C=N–C) groups is 2. The van der Waals surface area contributed by atoms with Gasteiger partial charge in [0.05, 0.1) is 0 Å². The second kappa shape index (κ2) is 32.1. The highest BCUT2D eigenvalue weighted by Gasteiger charge is 2.06. The summed E-state index contributed by atoms with van der Waals surface area (Å²) in [6, 6.07) is 11.5. The molecule has 4 nitrogen and oxygen atoms in total. The standard InChI is InChI=1S/C47H78N2O2/c1-3-5-7-9-11-13-15-17-19-21-23-25-27-29-35-48-40-44-38-42(31-33-46(44)50)37-43-32-34-47(51)45(39-43)41-49-36-30-28-26-24-22-20-18-16-14-12-10-8-6-4-2/h31-34,38-41,50-51H,3-30,35-37H2,1-2H3. The van der Waals surface area contributed by atoms with Gasteiger partial charge in [-0.1, -0.05) is 193 Å². The zero-order valence-electron chi connectivity index (χ0n) is 33.3. The lowest BCUT2D eigenvalue weighted by atomic mass is 10.0. The number of hydrogen-bond donors (Lipinski definition) is 2. The molecule has 2 aromatic carbocycles. The van der Waals surface area contributed by atoms with Gasteiger partial charge in [-0.2, -0.15) is 0 Å². The molecule has 0 aromatic heterocycles. The quantitative estimate of drug-likeness (QED) is 0.0563. The second-order valence-corrected chi connectivity index (χ2v) is 15.2. The number of rotatable bonds is 34. The Morgan fingerprint density at radius 1 is 0.392 bits per heavy atom. The van der Waals surface area contributed by atoms with E-state index in [1.807, 2.05) is 36.7 Å². The lowest BCUT2D eigenvalue weighted by Crippen LogP contribution is -1.94. The Bertz CT molecular complexity index is 1070. The third-order valence-corrected chi connectivity index (χ3v) is 10.3. The number of aromatic hydroxyl groups is 2. The number of benzene rings is 2. The molecule has 0 spiro atoms. The van der Waals surface area contributed by atoms with E-state index in [4.69, 9.17) is 0 Å². The van der Waals surface area contributed by atoms with Crippen LogP contribution in [0.2, 0.25) is 0 Å². The first-order chi connectivity index (χ1) is 25.1. The monoisotopic (exact) mass is 703 g/mol. The van der Waals surface area contributed by atoms with Crippen molar-refractivity contribution in [3.05, 3.63) is 58.7 Å². The minimum Gasteiger partial charge on any atom is -0.507 e. The molecule has 0 radical (unpaired) electrons. The minimum absolute atomic E-state index is 0.269. The van der Waals surface area contributed by atoms with Gasteiger partial charge in [0.1, 0.15) is 11.5 Å². The summed E-state index contributed by atoms with van der Waals surface area (Å²) in [5, 5.41) is 20.9. The van der Waals surface area contributed by atoms with Crippen molar-refractivity contribution in [3.63, 3.8) is 0 Å². The summed E-state index contributed by atoms with van der Waals surface area (Å²) in [5.41, 5.74) is 3.77. The molecule has 0 atom stereocenters. The lowest BCUT2D eigenvalue weighted by Gasteiger charge is -2.07. The van der Waals surface area contributed by atoms with Crippen LogP contribution in [0.3, 0.4) is 0 Å². The van der Waals surface area contributed by atoms with Crippen molar-refractivity contribution in [1.29, 1.82) is 0 Å². The molecular formula is C47H78N2O2. The molecule has 0 fully saturated rings. The van der Waals surface area contributed by atoms with Crippen LogP contribution in [0.5, 0.6) is 11.5 Å². The molecule has 51 heavy (non-hydrogen) atoms. The van der Waals surface area contributed by atoms with Gasteiger partial charge in [0.25, 0.3) is 0 Å². The van der Waals surface area contributed by atoms with Crippen molar-refractivity contribution >= 4 is 12.4 Å². The van der Waals surface area contributed by atoms with Crippen molar-refractivity contribution in [3.8, 4) is 11.5 Å². The van der Waals surface area contributed by atoms with Crippen LogP contribution in [0.25, 0.3) is 0 Å². The molecule has 0 bridgehead atoms. The van der Waals surface area contributed by atoms with E-state index in [1.165, 1.54) is 167 Å². The van der Waals surface area contributed by atoms with E-state index in [-0.39, 0.29) is 11.5 Å². The van der Waals surface area contributed by atoms with E-state index in [2.05, 4.69) is 23.8 Å². The first-order valence-corrected chi connectivity index (χ1v) is 21.8. The minimum atomic E-state index is 0.269. The third-order valence-electron chi connectivity index (χ3n) is 10.3. The van der Waals surface area contributed by atoms with Gasteiger partial charge in [0.2, 0.25) is 0 Å². The normalized spacial score (nSPS) is 11.8. The predicted octanol–water partition coefficient (Wildman–Crippen LogP) is 14.5. The number of phenolic OH excluding ortho intramolecular Hbond substituents is 2. The average molecular weight is 703 g/mol. The van der Waals surface area contributed by atoms with Crippen LogP contribution < -0.4 is 0 Å². The molecule has 0 heterocycles. The topological polar surface area (TPSA) is 65.2 Å². The second-order valence-electron chi connectivity index (χ2n) is 15.2. The summed E-state index contributed by atoms with van der Waals surface area (Å²) in [6.45, 7) is 6.18. The molecule has 0 saturated carbocycles. The highest BCUT2D eigenvalue weighted by atomic mass is 16.3. The van der Waals surface area contributed by atoms with Crippen LogP contribution in [0, 0.1) is 0 Å². The van der Waals surface area contributed by atoms with Gasteiger partial charge in [0, 0.05) is 36.6 Å². The molecule has 0 unspecified atom stereocenters. The molecule has 2 N–H and O–H groups in total. The molecular weight excluding hydrogens is 625 g/mol. The Labute approximate surface area is 315 Å². The molecule has 0 aliphatic rings. The highest BCUT2D eigenvalue weighted by molar-refractivity contribution is 5.84. The van der Waals surface area contributed by atoms with Crippen molar-refractivity contribution in [2.45, 2.75) is 200 Å². The highest BCUT2D eigenvalue weighted by Crippen LogP contribution is 2.23. The average Bonchev–Trinajstić information content (AvgIpc) is 3.13. The zero-order valence-corrected chi connectivity index (χ0v) is 33.3. The van der Waals surface area contributed by atoms with Gasteiger partial charge in [-0.15, -0.1) is 0 Å². The Morgan fingerprint density at radius 2 is 0.667 bits per heavy atom. The van der Waals surface area contributed by atoms with Crippen LogP contribution in [0.1, 0.15) is 216 Å². The predicted molar refractivity (Wildman–Crippen MR) is 225 cm³/mol. The Morgan fingerprint density at radius 3 is 0.961 bits per heavy atom. The lowest BCUT2D eigenvalue weighted by molar-refractivity contribution is 0.474. The van der Waals surface area contributed by atoms with Crippen LogP contribution in [0.4, 0.5) is 0 Å². The number of unbranched alkanes of at least 4 members (excludes halogenated alkanes) is 26. The maximum Gasteiger partial charge on any atom is 0.124 e. The summed E-state index contributed by atoms with van der Waals surface area (Å²) in [4.78, 5) is 9.26. The van der Waals surface area contributed by atoms with E-state index in [0.717, 1.165) is 54.6 Å². The Hall–Kier alpha value is -2.62. The van der Waals surface area contributed by atoms with Crippen LogP contribution in [-0.4, -0.2) is 35.7 Å². The van der Waals surface area contributed by atoms with Crippen molar-refractivity contribution in [2.75, 3.05) is 13.1 Å². The molecule has 2 aromatic rings. The third kappa shape index (κ3) is 24.3. The molecule has 4 heteroatoms. The molecule has 288 valence electrons. The summed E-state index contributed by atoms with van der Waals surface area (Å²) < 4.78 is 0. The maximum absolute atomic E-state index is 10.4. The smallest absolute Gasteiger partial charge is 0.124 e. The Kier molecular flexibility index (Phi) is 28.0. The number of hydrogen-bond acceptors (Lipinski definition) is 4. The van der Waals surface area contributed by atoms with Gasteiger partial charge >= 0.3 is 0 Å². The fourth-order valence-electron chi connectivity index (χ4n) is 6.99. The number of nitrogens with zero attached hydrogens (tertiary/aromatic N) is 2. The fraction of sp³-hybridized carbons (Fsp3) is 0.702. The molecule has 0 aliphatic heterocycles. The largest absolute Gasteiger partial charge is 0.507 e. The van der Waals surface area contributed by atoms with E-state index in [1.54, 1.807) is 12.1 Å². The van der Waals surface area contributed by atoms with Gasteiger partial charge in [-0.05, 0) is 54.7 Å². The van der Waals surface area contributed by atoms with E-state index < -0.39 is 0 Å². The zero-order chi connectivity index (χ0) is 36.5. The summed E-state index contributed by atoms with van der Waals surface area (Å²) in [7, 11) is 0. The Balaban J connectivity index is 1.58. The van der Waals surface area contributed by atoms with E-state index in [0.29, 0.717) is 0 Å². The van der Waals surface area contributed by atoms with E-state index in [9.17, 15) is 10.2 Å². The van der Waals surface area contributed by atoms with Crippen molar-refractivity contribution in [2.24, 2.45) is 9.98 Å². The summed E-state index contributed by atoms with van der Waals surface area (Å²) >= 11 is 0. The SMILES string of the molecule is CCCCCCCCCCCCCCCCN=Cc1cc(Cc2ccc(O)c(C=NCCCCCCCCCCCCCCCC)c2)ccc1O. The maximum atomic E-state index is 10.4. The van der Waals surface area contributed by atoms with Gasteiger partial charge in [-0.25, -0.2) is 0 Å². The first kappa shape index (κ1) is 44.5. The van der Waals surface area contributed by atoms with Crippen LogP contribution in [-0.2, 0) is 6.42 Å². The van der Waals surface area contributed by atoms with E-state index >= 15 is 0 Å². The number of phenols is 2. The summed E-state index contributed by atoms with van der Waals surface area (Å²) in [6.07, 6.45) is 42.4. The van der Waals surface area contributed by atoms with Gasteiger partial charge in [-0.3, -0.25) is 9.98 Å². The fourth-order valence-corrected chi connectivity index (χ4v) is 6.99. The summed E-state index contributed by atoms with van der Waals surface area (Å²) in [5.74, 6) is 0.538. The van der Waals surface area contributed by atoms with Gasteiger partial charge < -0.3 is 10.2 Å². The molecule has 2 rings (SSSR count). The van der Waals surface area contributed by atoms with Crippen molar-refractivity contribution < 1.29 is 10.2 Å². The van der Waals surface area contributed by atoms with Crippen LogP contribution in [0.15, 0.2) is 46.4 Å². The molecule has 0 saturated heterocycles.